The number of imidazole rings is 1. The monoisotopic (exact) mass is 207 g/mol. The van der Waals surface area contributed by atoms with Gasteiger partial charge in [-0.3, -0.25) is 0 Å². The molecule has 0 radical (unpaired) electrons. The summed E-state index contributed by atoms with van der Waals surface area (Å²) in [6.45, 7) is 2.08. The molecule has 1 N–H and O–H groups in total. The molecule has 1 heterocycles. The molecule has 3 nitrogen and oxygen atoms in total. The molecule has 0 aliphatic carbocycles. The Bertz CT molecular complexity index is 522. The molecule has 0 fully saturated rings. The van der Waals surface area contributed by atoms with Crippen LogP contribution in [0.4, 0.5) is 0 Å². The number of nitrogens with zero attached hydrogens (tertiary/aromatic N) is 2. The number of nitrogens with one attached hydrogen (secondary N) is 1. The zero-order valence-electron chi connectivity index (χ0n) is 8.53. The summed E-state index contributed by atoms with van der Waals surface area (Å²) in [5, 5.41) is 1.97. The normalized spacial score (nSPS) is 10.8. The topological polar surface area (TPSA) is 24.0 Å². The van der Waals surface area contributed by atoms with Crippen molar-refractivity contribution in [2.45, 2.75) is 6.92 Å². The molecular formula is C10H13N3S. The number of fused-ring (bicyclic) bond motifs is 1. The molecule has 1 aromatic carbocycles. The van der Waals surface area contributed by atoms with Crippen LogP contribution < -0.4 is 5.01 Å². The molecule has 0 unspecified atom stereocenters. The van der Waals surface area contributed by atoms with Crippen LogP contribution in [0.5, 0.6) is 0 Å². The van der Waals surface area contributed by atoms with E-state index in [1.54, 1.807) is 0 Å². The van der Waals surface area contributed by atoms with Crippen molar-refractivity contribution >= 4 is 23.3 Å². The maximum absolute atomic E-state index is 5.24. The maximum Gasteiger partial charge on any atom is 0.197 e. The van der Waals surface area contributed by atoms with Gasteiger partial charge in [0.1, 0.15) is 0 Å². The summed E-state index contributed by atoms with van der Waals surface area (Å²) >= 11 is 5.24. The fourth-order valence-electron chi connectivity index (χ4n) is 1.60. The number of aromatic nitrogens is 2. The van der Waals surface area contributed by atoms with Gasteiger partial charge in [-0.05, 0) is 36.8 Å². The fourth-order valence-corrected chi connectivity index (χ4v) is 1.97. The molecule has 0 bridgehead atoms. The minimum Gasteiger partial charge on any atom is -0.329 e. The third-order valence-corrected chi connectivity index (χ3v) is 2.49. The summed E-state index contributed by atoms with van der Waals surface area (Å²) in [5.41, 5.74) is 3.44. The summed E-state index contributed by atoms with van der Waals surface area (Å²) in [6.07, 6.45) is 0. The van der Waals surface area contributed by atoms with Gasteiger partial charge < -0.3 is 9.99 Å². The number of rotatable bonds is 1. The number of hydrogen-bond donors (Lipinski definition) is 1. The van der Waals surface area contributed by atoms with Crippen LogP contribution in [0, 0.1) is 11.7 Å². The Labute approximate surface area is 87.9 Å². The van der Waals surface area contributed by atoms with Gasteiger partial charge in [-0.1, -0.05) is 6.07 Å². The Hall–Kier alpha value is -1.29. The van der Waals surface area contributed by atoms with Gasteiger partial charge >= 0.3 is 0 Å². The zero-order valence-corrected chi connectivity index (χ0v) is 9.35. The van der Waals surface area contributed by atoms with Crippen molar-refractivity contribution < 1.29 is 0 Å². The van der Waals surface area contributed by atoms with Crippen LogP contribution in [0.15, 0.2) is 18.2 Å². The van der Waals surface area contributed by atoms with Crippen LogP contribution >= 0.6 is 12.2 Å². The highest BCUT2D eigenvalue weighted by Gasteiger charge is 2.04. The molecule has 0 saturated carbocycles. The van der Waals surface area contributed by atoms with E-state index in [4.69, 9.17) is 12.2 Å². The predicted molar refractivity (Wildman–Crippen MR) is 61.9 cm³/mol. The Morgan fingerprint density at radius 2 is 2.07 bits per heavy atom. The minimum absolute atomic E-state index is 0.732. The van der Waals surface area contributed by atoms with Gasteiger partial charge in [0.15, 0.2) is 4.77 Å². The number of benzene rings is 1. The summed E-state index contributed by atoms with van der Waals surface area (Å²) in [6, 6.07) is 6.26. The van der Waals surface area contributed by atoms with E-state index in [1.807, 2.05) is 23.8 Å². The van der Waals surface area contributed by atoms with Crippen LogP contribution in [0.1, 0.15) is 5.56 Å². The van der Waals surface area contributed by atoms with Gasteiger partial charge in [0.25, 0.3) is 0 Å². The maximum atomic E-state index is 5.24. The SMILES string of the molecule is Cc1ccc2[nH]c(=S)n(N(C)C)c2c1. The van der Waals surface area contributed by atoms with Gasteiger partial charge in [-0.15, -0.1) is 0 Å². The second kappa shape index (κ2) is 3.13. The highest BCUT2D eigenvalue weighted by atomic mass is 32.1. The van der Waals surface area contributed by atoms with Crippen LogP contribution in [0.3, 0.4) is 0 Å². The van der Waals surface area contributed by atoms with Gasteiger partial charge in [0.05, 0.1) is 11.0 Å². The molecule has 0 aliphatic heterocycles. The second-order valence-corrected chi connectivity index (χ2v) is 4.00. The molecule has 4 heteroatoms. The standard InChI is InChI=1S/C10H13N3S/c1-7-4-5-8-9(6-7)13(12(2)3)10(14)11-8/h4-6H,1-3H3,(H,11,14). The summed E-state index contributed by atoms with van der Waals surface area (Å²) in [4.78, 5) is 3.17. The lowest BCUT2D eigenvalue weighted by Gasteiger charge is -2.14. The molecule has 0 amide bonds. The molecular weight excluding hydrogens is 194 g/mol. The first-order valence-corrected chi connectivity index (χ1v) is 4.89. The van der Waals surface area contributed by atoms with Gasteiger partial charge in [-0.25, -0.2) is 4.68 Å². The molecule has 0 atom stereocenters. The lowest BCUT2D eigenvalue weighted by molar-refractivity contribution is 0.742. The fraction of sp³-hybridized carbons (Fsp3) is 0.300. The smallest absolute Gasteiger partial charge is 0.197 e. The average Bonchev–Trinajstić information content (AvgIpc) is 2.40. The Balaban J connectivity index is 2.86. The molecule has 74 valence electrons. The number of hydrogen-bond acceptors (Lipinski definition) is 2. The van der Waals surface area contributed by atoms with Gasteiger partial charge in [0, 0.05) is 14.1 Å². The molecule has 0 aliphatic rings. The van der Waals surface area contributed by atoms with E-state index < -0.39 is 0 Å². The minimum atomic E-state index is 0.732. The van der Waals surface area contributed by atoms with E-state index in [0.29, 0.717) is 0 Å². The van der Waals surface area contributed by atoms with Crippen molar-refractivity contribution in [3.05, 3.63) is 28.5 Å². The summed E-state index contributed by atoms with van der Waals surface area (Å²) in [7, 11) is 3.96. The lowest BCUT2D eigenvalue weighted by Crippen LogP contribution is -2.24. The van der Waals surface area contributed by atoms with Crippen molar-refractivity contribution in [1.29, 1.82) is 0 Å². The highest BCUT2D eigenvalue weighted by molar-refractivity contribution is 7.71. The van der Waals surface area contributed by atoms with Crippen molar-refractivity contribution in [3.8, 4) is 0 Å². The molecule has 2 rings (SSSR count). The van der Waals surface area contributed by atoms with Crippen LogP contribution in [-0.4, -0.2) is 23.8 Å². The van der Waals surface area contributed by atoms with Crippen molar-refractivity contribution in [2.24, 2.45) is 0 Å². The summed E-state index contributed by atoms with van der Waals surface area (Å²) in [5.74, 6) is 0. The predicted octanol–water partition coefficient (Wildman–Crippen LogP) is 2.20. The first-order chi connectivity index (χ1) is 6.59. The van der Waals surface area contributed by atoms with E-state index >= 15 is 0 Å². The van der Waals surface area contributed by atoms with E-state index in [9.17, 15) is 0 Å². The number of aryl methyl sites for hydroxylation is 1. The van der Waals surface area contributed by atoms with Gasteiger partial charge in [-0.2, -0.15) is 0 Å². The van der Waals surface area contributed by atoms with Crippen LogP contribution in [0.2, 0.25) is 0 Å². The third kappa shape index (κ3) is 1.32. The highest BCUT2D eigenvalue weighted by Crippen LogP contribution is 2.15. The molecule has 2 aromatic rings. The van der Waals surface area contributed by atoms with Crippen LogP contribution in [0.25, 0.3) is 11.0 Å². The van der Waals surface area contributed by atoms with E-state index in [-0.39, 0.29) is 0 Å². The molecule has 14 heavy (non-hydrogen) atoms. The Morgan fingerprint density at radius 1 is 1.36 bits per heavy atom. The summed E-state index contributed by atoms with van der Waals surface area (Å²) < 4.78 is 2.72. The number of aromatic amines is 1. The molecule has 1 aromatic heterocycles. The second-order valence-electron chi connectivity index (χ2n) is 3.61. The Morgan fingerprint density at radius 3 is 2.71 bits per heavy atom. The quantitative estimate of drug-likeness (QED) is 0.725. The van der Waals surface area contributed by atoms with E-state index in [1.165, 1.54) is 5.56 Å². The largest absolute Gasteiger partial charge is 0.329 e. The molecule has 0 spiro atoms. The van der Waals surface area contributed by atoms with Crippen LogP contribution in [-0.2, 0) is 0 Å². The average molecular weight is 207 g/mol. The van der Waals surface area contributed by atoms with Crippen molar-refractivity contribution in [2.75, 3.05) is 19.1 Å². The van der Waals surface area contributed by atoms with E-state index in [2.05, 4.69) is 30.1 Å². The van der Waals surface area contributed by atoms with E-state index in [0.717, 1.165) is 15.8 Å². The molecule has 0 saturated heterocycles. The van der Waals surface area contributed by atoms with Crippen molar-refractivity contribution in [3.63, 3.8) is 0 Å². The Kier molecular flexibility index (Phi) is 2.07. The van der Waals surface area contributed by atoms with Gasteiger partial charge in [0.2, 0.25) is 0 Å². The first-order valence-electron chi connectivity index (χ1n) is 4.48. The van der Waals surface area contributed by atoms with Crippen molar-refractivity contribution in [1.82, 2.24) is 9.66 Å². The third-order valence-electron chi connectivity index (χ3n) is 2.22. The lowest BCUT2D eigenvalue weighted by atomic mass is 10.2. The number of H-pyrrole nitrogens is 1. The zero-order chi connectivity index (χ0) is 10.3. The first kappa shape index (κ1) is 9.27.